The van der Waals surface area contributed by atoms with Crippen LogP contribution in [0.15, 0.2) is 6.07 Å². The molecule has 3 nitrogen and oxygen atoms in total. The van der Waals surface area contributed by atoms with E-state index in [1.54, 1.807) is 11.3 Å². The maximum atomic E-state index is 12.9. The van der Waals surface area contributed by atoms with Crippen LogP contribution in [-0.4, -0.2) is 29.4 Å². The second-order valence-corrected chi connectivity index (χ2v) is 7.28. The second kappa shape index (κ2) is 5.86. The zero-order chi connectivity index (χ0) is 14.1. The molecule has 0 spiro atoms. The minimum atomic E-state index is 0.215. The van der Waals surface area contributed by atoms with Crippen LogP contribution >= 0.6 is 11.3 Å². The van der Waals surface area contributed by atoms with Gasteiger partial charge in [-0.05, 0) is 63.5 Å². The molecule has 1 aromatic rings. The van der Waals surface area contributed by atoms with Gasteiger partial charge < -0.3 is 10.6 Å². The monoisotopic (exact) mass is 292 g/mol. The number of carbonyl (C=O) groups is 1. The van der Waals surface area contributed by atoms with Crippen molar-refractivity contribution < 1.29 is 4.79 Å². The van der Waals surface area contributed by atoms with Gasteiger partial charge in [0.15, 0.2) is 0 Å². The average Bonchev–Trinajstić information content (AvgIpc) is 2.90. The fraction of sp³-hybridized carbons (Fsp3) is 0.688. The van der Waals surface area contributed by atoms with Gasteiger partial charge >= 0.3 is 0 Å². The molecule has 2 N–H and O–H groups in total. The molecule has 3 rings (SSSR count). The molecule has 1 aliphatic heterocycles. The number of nitrogens with zero attached hydrogens (tertiary/aromatic N) is 1. The number of rotatable bonds is 2. The first-order valence-electron chi connectivity index (χ1n) is 7.85. The van der Waals surface area contributed by atoms with Gasteiger partial charge in [-0.3, -0.25) is 4.79 Å². The molecular weight excluding hydrogens is 268 g/mol. The van der Waals surface area contributed by atoms with Crippen molar-refractivity contribution >= 4 is 17.2 Å². The van der Waals surface area contributed by atoms with E-state index in [-0.39, 0.29) is 11.9 Å². The Bertz CT molecular complexity index is 473. The van der Waals surface area contributed by atoms with Gasteiger partial charge in [0.2, 0.25) is 0 Å². The molecule has 1 aliphatic carbocycles. The largest absolute Gasteiger partial charge is 0.331 e. The number of fused-ring (bicyclic) bond motifs is 1. The molecule has 1 fully saturated rings. The molecule has 110 valence electrons. The first-order chi connectivity index (χ1) is 9.70. The van der Waals surface area contributed by atoms with E-state index in [0.29, 0.717) is 12.6 Å². The Morgan fingerprint density at radius 3 is 2.90 bits per heavy atom. The predicted octanol–water partition coefficient (Wildman–Crippen LogP) is 2.97. The van der Waals surface area contributed by atoms with E-state index in [2.05, 4.69) is 17.9 Å². The van der Waals surface area contributed by atoms with E-state index < -0.39 is 0 Å². The predicted molar refractivity (Wildman–Crippen MR) is 83.3 cm³/mol. The molecule has 0 radical (unpaired) electrons. The van der Waals surface area contributed by atoms with E-state index in [1.807, 2.05) is 0 Å². The standard InChI is InChI=1S/C16H24N2OS/c1-11-5-4-7-13(10-17)18(11)16(19)15-9-12-6-2-3-8-14(12)20-15/h9,11,13H,2-8,10,17H2,1H3. The maximum Gasteiger partial charge on any atom is 0.264 e. The van der Waals surface area contributed by atoms with Crippen molar-refractivity contribution in [2.24, 2.45) is 5.73 Å². The van der Waals surface area contributed by atoms with Crippen molar-refractivity contribution in [3.05, 3.63) is 21.4 Å². The van der Waals surface area contributed by atoms with E-state index in [9.17, 15) is 4.79 Å². The van der Waals surface area contributed by atoms with Gasteiger partial charge in [-0.15, -0.1) is 11.3 Å². The number of thiophene rings is 1. The number of hydrogen-bond donors (Lipinski definition) is 1. The minimum Gasteiger partial charge on any atom is -0.331 e. The third kappa shape index (κ3) is 2.51. The molecule has 0 aromatic carbocycles. The maximum absolute atomic E-state index is 12.9. The molecule has 2 atom stereocenters. The fourth-order valence-electron chi connectivity index (χ4n) is 3.61. The van der Waals surface area contributed by atoms with Crippen molar-refractivity contribution in [3.63, 3.8) is 0 Å². The highest BCUT2D eigenvalue weighted by atomic mass is 32.1. The smallest absolute Gasteiger partial charge is 0.264 e. The number of amides is 1. The van der Waals surface area contributed by atoms with Crippen LogP contribution < -0.4 is 5.73 Å². The SMILES string of the molecule is CC1CCCC(CN)N1C(=O)c1cc2c(s1)CCCC2. The van der Waals surface area contributed by atoms with Gasteiger partial charge in [0.25, 0.3) is 5.91 Å². The fourth-order valence-corrected chi connectivity index (χ4v) is 4.81. The minimum absolute atomic E-state index is 0.215. The summed E-state index contributed by atoms with van der Waals surface area (Å²) < 4.78 is 0. The van der Waals surface area contributed by atoms with Crippen LogP contribution in [0.3, 0.4) is 0 Å². The number of carbonyl (C=O) groups excluding carboxylic acids is 1. The summed E-state index contributed by atoms with van der Waals surface area (Å²) in [4.78, 5) is 17.3. The second-order valence-electron chi connectivity index (χ2n) is 6.15. The van der Waals surface area contributed by atoms with Crippen LogP contribution in [0.5, 0.6) is 0 Å². The number of hydrogen-bond acceptors (Lipinski definition) is 3. The number of likely N-dealkylation sites (tertiary alicyclic amines) is 1. The average molecular weight is 292 g/mol. The molecule has 2 aliphatic rings. The van der Waals surface area contributed by atoms with Gasteiger partial charge in [-0.2, -0.15) is 0 Å². The van der Waals surface area contributed by atoms with E-state index in [1.165, 1.54) is 29.7 Å². The molecule has 4 heteroatoms. The normalized spacial score (nSPS) is 26.4. The van der Waals surface area contributed by atoms with E-state index in [4.69, 9.17) is 5.73 Å². The third-order valence-corrected chi connectivity index (χ3v) is 5.97. The van der Waals surface area contributed by atoms with Crippen LogP contribution in [0, 0.1) is 0 Å². The third-order valence-electron chi connectivity index (χ3n) is 4.74. The molecule has 0 saturated carbocycles. The van der Waals surface area contributed by atoms with Gasteiger partial charge in [0.05, 0.1) is 4.88 Å². The highest BCUT2D eigenvalue weighted by Crippen LogP contribution is 2.32. The molecule has 1 amide bonds. The molecule has 20 heavy (non-hydrogen) atoms. The Labute approximate surface area is 125 Å². The highest BCUT2D eigenvalue weighted by molar-refractivity contribution is 7.14. The van der Waals surface area contributed by atoms with Crippen molar-refractivity contribution in [1.82, 2.24) is 4.90 Å². The lowest BCUT2D eigenvalue weighted by atomic mass is 9.95. The van der Waals surface area contributed by atoms with E-state index in [0.717, 1.165) is 30.6 Å². The summed E-state index contributed by atoms with van der Waals surface area (Å²) in [6.07, 6.45) is 8.19. The number of piperidine rings is 1. The van der Waals surface area contributed by atoms with Crippen LogP contribution in [0.2, 0.25) is 0 Å². The lowest BCUT2D eigenvalue weighted by Gasteiger charge is -2.40. The summed E-state index contributed by atoms with van der Waals surface area (Å²) in [7, 11) is 0. The zero-order valence-corrected chi connectivity index (χ0v) is 13.0. The number of nitrogens with two attached hydrogens (primary N) is 1. The Hall–Kier alpha value is -0.870. The Morgan fingerprint density at radius 1 is 1.35 bits per heavy atom. The summed E-state index contributed by atoms with van der Waals surface area (Å²) in [5.41, 5.74) is 7.29. The van der Waals surface area contributed by atoms with Gasteiger partial charge in [-0.25, -0.2) is 0 Å². The summed E-state index contributed by atoms with van der Waals surface area (Å²) in [5.74, 6) is 0.215. The Balaban J connectivity index is 1.84. The summed E-state index contributed by atoms with van der Waals surface area (Å²) in [5, 5.41) is 0. The Morgan fingerprint density at radius 2 is 2.15 bits per heavy atom. The van der Waals surface area contributed by atoms with Gasteiger partial charge in [0, 0.05) is 23.5 Å². The van der Waals surface area contributed by atoms with Gasteiger partial charge in [0.1, 0.15) is 0 Å². The first-order valence-corrected chi connectivity index (χ1v) is 8.66. The molecule has 1 aromatic heterocycles. The topological polar surface area (TPSA) is 46.3 Å². The molecule has 2 unspecified atom stereocenters. The van der Waals surface area contributed by atoms with Crippen LogP contribution in [-0.2, 0) is 12.8 Å². The van der Waals surface area contributed by atoms with Gasteiger partial charge in [-0.1, -0.05) is 0 Å². The van der Waals surface area contributed by atoms with E-state index >= 15 is 0 Å². The zero-order valence-electron chi connectivity index (χ0n) is 12.2. The summed E-state index contributed by atoms with van der Waals surface area (Å²) >= 11 is 1.72. The molecular formula is C16H24N2OS. The highest BCUT2D eigenvalue weighted by Gasteiger charge is 2.32. The van der Waals surface area contributed by atoms with Crippen LogP contribution in [0.4, 0.5) is 0 Å². The number of aryl methyl sites for hydroxylation is 2. The molecule has 0 bridgehead atoms. The first kappa shape index (κ1) is 14.1. The molecule has 1 saturated heterocycles. The molecule has 2 heterocycles. The van der Waals surface area contributed by atoms with Crippen LogP contribution in [0.25, 0.3) is 0 Å². The lowest BCUT2D eigenvalue weighted by Crippen LogP contribution is -2.51. The summed E-state index contributed by atoms with van der Waals surface area (Å²) in [6.45, 7) is 2.74. The van der Waals surface area contributed by atoms with Crippen molar-refractivity contribution in [2.45, 2.75) is 64.0 Å². The Kier molecular flexibility index (Phi) is 4.13. The lowest BCUT2D eigenvalue weighted by molar-refractivity contribution is 0.0499. The van der Waals surface area contributed by atoms with Crippen molar-refractivity contribution in [3.8, 4) is 0 Å². The van der Waals surface area contributed by atoms with Crippen LogP contribution in [0.1, 0.15) is 59.1 Å². The quantitative estimate of drug-likeness (QED) is 0.911. The summed E-state index contributed by atoms with van der Waals surface area (Å²) in [6, 6.07) is 2.70. The van der Waals surface area contributed by atoms with Crippen molar-refractivity contribution in [2.75, 3.05) is 6.54 Å². The van der Waals surface area contributed by atoms with Crippen molar-refractivity contribution in [1.29, 1.82) is 0 Å².